The lowest BCUT2D eigenvalue weighted by Gasteiger charge is -2.06. The van der Waals surface area contributed by atoms with Crippen molar-refractivity contribution in [3.8, 4) is 0 Å². The van der Waals surface area contributed by atoms with Crippen LogP contribution in [0.3, 0.4) is 0 Å². The van der Waals surface area contributed by atoms with Crippen LogP contribution in [0.15, 0.2) is 24.8 Å². The zero-order valence-corrected chi connectivity index (χ0v) is 7.51. The van der Waals surface area contributed by atoms with Crippen LogP contribution in [0.4, 0.5) is 0 Å². The molecule has 0 heteroatoms. The maximum atomic E-state index is 3.81. The molecule has 1 aromatic carbocycles. The highest BCUT2D eigenvalue weighted by Crippen LogP contribution is 2.42. The molecule has 1 aliphatic rings. The van der Waals surface area contributed by atoms with Gasteiger partial charge in [-0.25, -0.2) is 0 Å². The molecule has 0 nitrogen and oxygen atoms in total. The first-order valence-corrected chi connectivity index (χ1v) is 4.55. The molecule has 0 saturated heterocycles. The van der Waals surface area contributed by atoms with Gasteiger partial charge in [0, 0.05) is 0 Å². The monoisotopic (exact) mass is 158 g/mol. The van der Waals surface area contributed by atoms with E-state index in [4.69, 9.17) is 0 Å². The van der Waals surface area contributed by atoms with Crippen LogP contribution in [0.1, 0.15) is 35.4 Å². The van der Waals surface area contributed by atoms with Crippen molar-refractivity contribution in [2.45, 2.75) is 25.7 Å². The zero-order valence-electron chi connectivity index (χ0n) is 7.51. The van der Waals surface area contributed by atoms with E-state index in [0.717, 1.165) is 5.92 Å². The Morgan fingerprint density at radius 2 is 2.17 bits per heavy atom. The van der Waals surface area contributed by atoms with Gasteiger partial charge >= 0.3 is 0 Å². The summed E-state index contributed by atoms with van der Waals surface area (Å²) in [4.78, 5) is 0. The quantitative estimate of drug-likeness (QED) is 0.617. The number of benzene rings is 1. The van der Waals surface area contributed by atoms with E-state index in [1.165, 1.54) is 29.5 Å². The van der Waals surface area contributed by atoms with Crippen LogP contribution in [0.25, 0.3) is 6.08 Å². The molecule has 1 aliphatic carbocycles. The van der Waals surface area contributed by atoms with Crippen molar-refractivity contribution in [3.05, 3.63) is 41.5 Å². The number of hydrogen-bond donors (Lipinski definition) is 0. The second-order valence-electron chi connectivity index (χ2n) is 3.54. The molecule has 1 fully saturated rings. The summed E-state index contributed by atoms with van der Waals surface area (Å²) >= 11 is 0. The fraction of sp³-hybridized carbons (Fsp3) is 0.333. The highest BCUT2D eigenvalue weighted by molar-refractivity contribution is 5.54. The van der Waals surface area contributed by atoms with Crippen molar-refractivity contribution in [3.63, 3.8) is 0 Å². The van der Waals surface area contributed by atoms with E-state index in [9.17, 15) is 0 Å². The van der Waals surface area contributed by atoms with E-state index in [1.54, 1.807) is 0 Å². The van der Waals surface area contributed by atoms with Crippen LogP contribution in [0.2, 0.25) is 0 Å². The average Bonchev–Trinajstić information content (AvgIpc) is 2.88. The first-order chi connectivity index (χ1) is 5.83. The number of hydrogen-bond acceptors (Lipinski definition) is 0. The van der Waals surface area contributed by atoms with E-state index in [2.05, 4.69) is 31.7 Å². The Bertz CT molecular complexity index is 306. The number of rotatable bonds is 2. The summed E-state index contributed by atoms with van der Waals surface area (Å²) in [7, 11) is 0. The fourth-order valence-electron chi connectivity index (χ4n) is 1.73. The van der Waals surface area contributed by atoms with Crippen LogP contribution < -0.4 is 0 Å². The molecule has 0 radical (unpaired) electrons. The molecule has 0 N–H and O–H groups in total. The average molecular weight is 158 g/mol. The zero-order chi connectivity index (χ0) is 8.55. The Labute approximate surface area is 73.9 Å². The Morgan fingerprint density at radius 3 is 2.75 bits per heavy atom. The summed E-state index contributed by atoms with van der Waals surface area (Å²) < 4.78 is 0. The first kappa shape index (κ1) is 7.60. The second kappa shape index (κ2) is 2.78. The van der Waals surface area contributed by atoms with E-state index >= 15 is 0 Å². The van der Waals surface area contributed by atoms with Gasteiger partial charge in [-0.05, 0) is 42.4 Å². The molecular weight excluding hydrogens is 144 g/mol. The highest BCUT2D eigenvalue weighted by Gasteiger charge is 2.24. The third kappa shape index (κ3) is 1.18. The van der Waals surface area contributed by atoms with E-state index in [-0.39, 0.29) is 0 Å². The molecule has 0 bridgehead atoms. The summed E-state index contributed by atoms with van der Waals surface area (Å²) in [6, 6.07) is 6.52. The van der Waals surface area contributed by atoms with Gasteiger partial charge in [0.25, 0.3) is 0 Å². The van der Waals surface area contributed by atoms with E-state index in [1.807, 2.05) is 6.08 Å². The van der Waals surface area contributed by atoms with Gasteiger partial charge in [0.1, 0.15) is 0 Å². The van der Waals surface area contributed by atoms with Gasteiger partial charge in [0.05, 0.1) is 0 Å². The maximum Gasteiger partial charge on any atom is -0.0159 e. The Balaban J connectivity index is 2.47. The van der Waals surface area contributed by atoms with Crippen LogP contribution >= 0.6 is 0 Å². The summed E-state index contributed by atoms with van der Waals surface area (Å²) in [6.45, 7) is 6.01. The second-order valence-corrected chi connectivity index (χ2v) is 3.54. The molecular formula is C12H14. The van der Waals surface area contributed by atoms with Crippen molar-refractivity contribution >= 4 is 6.08 Å². The molecule has 1 saturated carbocycles. The van der Waals surface area contributed by atoms with Crippen molar-refractivity contribution in [2.75, 3.05) is 0 Å². The van der Waals surface area contributed by atoms with Gasteiger partial charge in [-0.1, -0.05) is 30.9 Å². The van der Waals surface area contributed by atoms with Gasteiger partial charge in [-0.15, -0.1) is 0 Å². The van der Waals surface area contributed by atoms with E-state index < -0.39 is 0 Å². The maximum absolute atomic E-state index is 3.81. The van der Waals surface area contributed by atoms with Crippen molar-refractivity contribution < 1.29 is 0 Å². The van der Waals surface area contributed by atoms with Crippen molar-refractivity contribution in [1.29, 1.82) is 0 Å². The fourth-order valence-corrected chi connectivity index (χ4v) is 1.73. The molecule has 0 aromatic heterocycles. The summed E-state index contributed by atoms with van der Waals surface area (Å²) in [5.74, 6) is 0.852. The molecule has 0 aliphatic heterocycles. The van der Waals surface area contributed by atoms with Crippen LogP contribution in [-0.4, -0.2) is 0 Å². The lowest BCUT2D eigenvalue weighted by atomic mass is 9.99. The Hall–Kier alpha value is -1.04. The van der Waals surface area contributed by atoms with Gasteiger partial charge in [0.15, 0.2) is 0 Å². The molecule has 12 heavy (non-hydrogen) atoms. The molecule has 0 spiro atoms. The highest BCUT2D eigenvalue weighted by atomic mass is 14.3. The minimum Gasteiger partial charge on any atom is -0.0985 e. The summed E-state index contributed by atoms with van der Waals surface area (Å²) in [6.07, 6.45) is 4.70. The summed E-state index contributed by atoms with van der Waals surface area (Å²) in [5, 5.41) is 0. The third-order valence-corrected chi connectivity index (χ3v) is 2.65. The topological polar surface area (TPSA) is 0 Å². The predicted octanol–water partition coefficient (Wildman–Crippen LogP) is 3.52. The minimum absolute atomic E-state index is 0.852. The molecule has 0 amide bonds. The normalized spacial score (nSPS) is 16.1. The van der Waals surface area contributed by atoms with Gasteiger partial charge in [0.2, 0.25) is 0 Å². The molecule has 0 heterocycles. The Morgan fingerprint density at radius 1 is 1.42 bits per heavy atom. The van der Waals surface area contributed by atoms with Gasteiger partial charge < -0.3 is 0 Å². The molecule has 0 unspecified atom stereocenters. The molecule has 1 aromatic rings. The van der Waals surface area contributed by atoms with Crippen LogP contribution in [0.5, 0.6) is 0 Å². The third-order valence-electron chi connectivity index (χ3n) is 2.65. The smallest absolute Gasteiger partial charge is 0.0159 e. The summed E-state index contributed by atoms with van der Waals surface area (Å²) in [5.41, 5.74) is 4.25. The van der Waals surface area contributed by atoms with Crippen molar-refractivity contribution in [1.82, 2.24) is 0 Å². The van der Waals surface area contributed by atoms with Crippen LogP contribution in [0, 0.1) is 6.92 Å². The predicted molar refractivity (Wildman–Crippen MR) is 53.2 cm³/mol. The minimum atomic E-state index is 0.852. The van der Waals surface area contributed by atoms with Crippen LogP contribution in [-0.2, 0) is 0 Å². The SMILES string of the molecule is C=Cc1cccc(C2CC2)c1C. The molecule has 0 atom stereocenters. The Kier molecular flexibility index (Phi) is 1.76. The standard InChI is InChI=1S/C12H14/c1-3-10-5-4-6-12(9(10)2)11-7-8-11/h3-6,11H,1,7-8H2,2H3. The van der Waals surface area contributed by atoms with Gasteiger partial charge in [-0.2, -0.15) is 0 Å². The first-order valence-electron chi connectivity index (χ1n) is 4.55. The van der Waals surface area contributed by atoms with Crippen molar-refractivity contribution in [2.24, 2.45) is 0 Å². The molecule has 62 valence electrons. The largest absolute Gasteiger partial charge is 0.0985 e. The lowest BCUT2D eigenvalue weighted by molar-refractivity contribution is 1.10. The lowest BCUT2D eigenvalue weighted by Crippen LogP contribution is -1.88. The molecule has 2 rings (SSSR count). The van der Waals surface area contributed by atoms with Gasteiger partial charge in [-0.3, -0.25) is 0 Å². The van der Waals surface area contributed by atoms with E-state index in [0.29, 0.717) is 0 Å².